The number of carbonyl (C=O) groups is 1. The Hall–Kier alpha value is -3.80. The molecule has 1 N–H and O–H groups in total. The predicted octanol–water partition coefficient (Wildman–Crippen LogP) is 4.86. The molecule has 152 valence electrons. The van der Waals surface area contributed by atoms with Gasteiger partial charge in [-0.05, 0) is 60.7 Å². The van der Waals surface area contributed by atoms with E-state index >= 15 is 0 Å². The Bertz CT molecular complexity index is 1090. The molecule has 4 rings (SSSR count). The van der Waals surface area contributed by atoms with Crippen molar-refractivity contribution < 1.29 is 19.0 Å². The fourth-order valence-electron chi connectivity index (χ4n) is 3.04. The summed E-state index contributed by atoms with van der Waals surface area (Å²) in [5, 5.41) is 0. The first-order valence-corrected chi connectivity index (χ1v) is 9.72. The van der Waals surface area contributed by atoms with E-state index in [9.17, 15) is 4.79 Å². The molecule has 0 spiro atoms. The second-order valence-electron chi connectivity index (χ2n) is 6.69. The van der Waals surface area contributed by atoms with Crippen molar-refractivity contribution in [1.29, 1.82) is 0 Å². The lowest BCUT2D eigenvalue weighted by Crippen LogP contribution is -2.05. The standard InChI is InChI=1S/C24H22N2O4/c1-28-24(27)18-9-13-20(14-10-18)30-16-4-15-29-19-11-7-17(8-12-19)23-25-21-5-2-3-6-22(21)26-23/h2-3,5-14H,4,15-16H2,1H3,(H,25,26). The van der Waals surface area contributed by atoms with Crippen LogP contribution in [0.25, 0.3) is 22.4 Å². The molecule has 0 bridgehead atoms. The van der Waals surface area contributed by atoms with Gasteiger partial charge in [0, 0.05) is 12.0 Å². The molecule has 1 aromatic heterocycles. The highest BCUT2D eigenvalue weighted by molar-refractivity contribution is 5.89. The molecular weight excluding hydrogens is 380 g/mol. The molecule has 0 radical (unpaired) electrons. The van der Waals surface area contributed by atoms with E-state index in [1.165, 1.54) is 7.11 Å². The second kappa shape index (κ2) is 9.13. The molecule has 4 aromatic rings. The maximum absolute atomic E-state index is 11.4. The normalized spacial score (nSPS) is 10.7. The molecule has 6 heteroatoms. The first-order valence-electron chi connectivity index (χ1n) is 9.72. The molecule has 0 atom stereocenters. The summed E-state index contributed by atoms with van der Waals surface area (Å²) < 4.78 is 16.1. The molecule has 0 saturated heterocycles. The van der Waals surface area contributed by atoms with E-state index in [1.54, 1.807) is 24.3 Å². The largest absolute Gasteiger partial charge is 0.493 e. The zero-order valence-corrected chi connectivity index (χ0v) is 16.6. The van der Waals surface area contributed by atoms with Gasteiger partial charge < -0.3 is 19.2 Å². The summed E-state index contributed by atoms with van der Waals surface area (Å²) in [5.41, 5.74) is 3.48. The molecular formula is C24H22N2O4. The summed E-state index contributed by atoms with van der Waals surface area (Å²) in [7, 11) is 1.36. The minimum absolute atomic E-state index is 0.360. The van der Waals surface area contributed by atoms with Gasteiger partial charge >= 0.3 is 5.97 Å². The van der Waals surface area contributed by atoms with Gasteiger partial charge in [0.25, 0.3) is 0 Å². The van der Waals surface area contributed by atoms with Crippen molar-refractivity contribution in [3.8, 4) is 22.9 Å². The minimum atomic E-state index is -0.360. The zero-order chi connectivity index (χ0) is 20.8. The third kappa shape index (κ3) is 4.60. The number of H-pyrrole nitrogens is 1. The van der Waals surface area contributed by atoms with Crippen molar-refractivity contribution in [2.75, 3.05) is 20.3 Å². The van der Waals surface area contributed by atoms with Crippen molar-refractivity contribution in [2.24, 2.45) is 0 Å². The number of ether oxygens (including phenoxy) is 3. The first kappa shape index (κ1) is 19.5. The lowest BCUT2D eigenvalue weighted by molar-refractivity contribution is 0.0600. The van der Waals surface area contributed by atoms with Gasteiger partial charge in [-0.1, -0.05) is 12.1 Å². The van der Waals surface area contributed by atoms with Crippen LogP contribution in [-0.2, 0) is 4.74 Å². The Kier molecular flexibility index (Phi) is 5.94. The van der Waals surface area contributed by atoms with Gasteiger partial charge in [0.15, 0.2) is 0 Å². The Morgan fingerprint density at radius 2 is 1.50 bits per heavy atom. The Morgan fingerprint density at radius 1 is 0.867 bits per heavy atom. The van der Waals surface area contributed by atoms with Crippen LogP contribution >= 0.6 is 0 Å². The van der Waals surface area contributed by atoms with Crippen LogP contribution in [0, 0.1) is 0 Å². The highest BCUT2D eigenvalue weighted by Crippen LogP contribution is 2.23. The Morgan fingerprint density at radius 3 is 2.13 bits per heavy atom. The molecule has 1 heterocycles. The number of methoxy groups -OCH3 is 1. The summed E-state index contributed by atoms with van der Waals surface area (Å²) in [6.45, 7) is 1.07. The quantitative estimate of drug-likeness (QED) is 0.336. The molecule has 0 aliphatic rings. The average Bonchev–Trinajstić information content (AvgIpc) is 3.23. The number of carbonyl (C=O) groups excluding carboxylic acids is 1. The van der Waals surface area contributed by atoms with Crippen molar-refractivity contribution >= 4 is 17.0 Å². The van der Waals surface area contributed by atoms with Gasteiger partial charge in [0.1, 0.15) is 17.3 Å². The van der Waals surface area contributed by atoms with Gasteiger partial charge in [-0.3, -0.25) is 0 Å². The zero-order valence-electron chi connectivity index (χ0n) is 16.6. The third-order valence-corrected chi connectivity index (χ3v) is 4.62. The Labute approximate surface area is 174 Å². The number of esters is 1. The van der Waals surface area contributed by atoms with Crippen molar-refractivity contribution in [2.45, 2.75) is 6.42 Å². The molecule has 0 fully saturated rings. The van der Waals surface area contributed by atoms with E-state index in [1.807, 2.05) is 48.5 Å². The number of para-hydroxylation sites is 2. The van der Waals surface area contributed by atoms with E-state index in [0.717, 1.165) is 34.6 Å². The molecule has 3 aromatic carbocycles. The summed E-state index contributed by atoms with van der Waals surface area (Å²) in [5.74, 6) is 1.99. The van der Waals surface area contributed by atoms with Gasteiger partial charge in [0.2, 0.25) is 0 Å². The summed E-state index contributed by atoms with van der Waals surface area (Å²) in [4.78, 5) is 19.4. The monoisotopic (exact) mass is 402 g/mol. The number of aromatic nitrogens is 2. The molecule has 0 aliphatic carbocycles. The van der Waals surface area contributed by atoms with Crippen LogP contribution in [-0.4, -0.2) is 36.3 Å². The van der Waals surface area contributed by atoms with Gasteiger partial charge in [-0.2, -0.15) is 0 Å². The maximum atomic E-state index is 11.4. The van der Waals surface area contributed by atoms with Gasteiger partial charge in [-0.15, -0.1) is 0 Å². The smallest absolute Gasteiger partial charge is 0.337 e. The van der Waals surface area contributed by atoms with Crippen LogP contribution in [0.5, 0.6) is 11.5 Å². The molecule has 6 nitrogen and oxygen atoms in total. The SMILES string of the molecule is COC(=O)c1ccc(OCCCOc2ccc(-c3nc4ccccc4[nH]3)cc2)cc1. The van der Waals surface area contributed by atoms with Crippen LogP contribution in [0.3, 0.4) is 0 Å². The van der Waals surface area contributed by atoms with Gasteiger partial charge in [0.05, 0.1) is 36.9 Å². The highest BCUT2D eigenvalue weighted by atomic mass is 16.5. The van der Waals surface area contributed by atoms with Crippen molar-refractivity contribution in [3.05, 3.63) is 78.4 Å². The second-order valence-corrected chi connectivity index (χ2v) is 6.69. The van der Waals surface area contributed by atoms with E-state index < -0.39 is 0 Å². The van der Waals surface area contributed by atoms with Crippen LogP contribution in [0.15, 0.2) is 72.8 Å². The lowest BCUT2D eigenvalue weighted by Gasteiger charge is -2.09. The molecule has 0 aliphatic heterocycles. The van der Waals surface area contributed by atoms with Crippen molar-refractivity contribution in [3.63, 3.8) is 0 Å². The number of fused-ring (bicyclic) bond motifs is 1. The topological polar surface area (TPSA) is 73.4 Å². The fraction of sp³-hybridized carbons (Fsp3) is 0.167. The first-order chi connectivity index (χ1) is 14.7. The number of benzene rings is 3. The van der Waals surface area contributed by atoms with Crippen molar-refractivity contribution in [1.82, 2.24) is 9.97 Å². The molecule has 0 amide bonds. The van der Waals surface area contributed by atoms with Crippen LogP contribution < -0.4 is 9.47 Å². The Balaban J connectivity index is 1.23. The predicted molar refractivity (Wildman–Crippen MR) is 115 cm³/mol. The van der Waals surface area contributed by atoms with Crippen LogP contribution in [0.2, 0.25) is 0 Å². The van der Waals surface area contributed by atoms with E-state index in [4.69, 9.17) is 9.47 Å². The number of aromatic amines is 1. The highest BCUT2D eigenvalue weighted by Gasteiger charge is 2.06. The fourth-order valence-corrected chi connectivity index (χ4v) is 3.04. The lowest BCUT2D eigenvalue weighted by atomic mass is 10.2. The van der Waals surface area contributed by atoms with Gasteiger partial charge in [-0.25, -0.2) is 9.78 Å². The number of nitrogens with zero attached hydrogens (tertiary/aromatic N) is 1. The number of rotatable bonds is 8. The summed E-state index contributed by atoms with van der Waals surface area (Å²) in [6.07, 6.45) is 0.740. The molecule has 30 heavy (non-hydrogen) atoms. The summed E-state index contributed by atoms with van der Waals surface area (Å²) in [6, 6.07) is 22.7. The number of nitrogens with one attached hydrogen (secondary N) is 1. The minimum Gasteiger partial charge on any atom is -0.493 e. The number of imidazole rings is 1. The van der Waals surface area contributed by atoms with Crippen LogP contribution in [0.1, 0.15) is 16.8 Å². The van der Waals surface area contributed by atoms with E-state index in [0.29, 0.717) is 24.5 Å². The molecule has 0 saturated carbocycles. The average molecular weight is 402 g/mol. The third-order valence-electron chi connectivity index (χ3n) is 4.62. The molecule has 0 unspecified atom stereocenters. The van der Waals surface area contributed by atoms with E-state index in [2.05, 4.69) is 14.7 Å². The van der Waals surface area contributed by atoms with E-state index in [-0.39, 0.29) is 5.97 Å². The number of hydrogen-bond donors (Lipinski definition) is 1. The van der Waals surface area contributed by atoms with Crippen LogP contribution in [0.4, 0.5) is 0 Å². The number of hydrogen-bond acceptors (Lipinski definition) is 5. The summed E-state index contributed by atoms with van der Waals surface area (Å²) >= 11 is 0. The maximum Gasteiger partial charge on any atom is 0.337 e.